The molecule has 0 unspecified atom stereocenters. The van der Waals surface area contributed by atoms with Crippen LogP contribution in [0.5, 0.6) is 5.75 Å². The van der Waals surface area contributed by atoms with Gasteiger partial charge in [-0.05, 0) is 31.4 Å². The van der Waals surface area contributed by atoms with Gasteiger partial charge in [0.25, 0.3) is 5.91 Å². The lowest BCUT2D eigenvalue weighted by Crippen LogP contribution is -2.40. The predicted molar refractivity (Wildman–Crippen MR) is 82.5 cm³/mol. The van der Waals surface area contributed by atoms with Crippen LogP contribution in [0.15, 0.2) is 18.2 Å². The zero-order valence-electron chi connectivity index (χ0n) is 12.9. The Morgan fingerprint density at radius 1 is 1.22 bits per heavy atom. The molecule has 0 radical (unpaired) electrons. The molecule has 1 saturated carbocycles. The molecule has 2 amide bonds. The van der Waals surface area contributed by atoms with Gasteiger partial charge in [-0.25, -0.2) is 4.39 Å². The van der Waals surface area contributed by atoms with Crippen LogP contribution in [0.3, 0.4) is 0 Å². The molecule has 1 heterocycles. The van der Waals surface area contributed by atoms with Gasteiger partial charge in [-0.3, -0.25) is 9.59 Å². The van der Waals surface area contributed by atoms with Crippen molar-refractivity contribution in [1.29, 1.82) is 0 Å². The van der Waals surface area contributed by atoms with Crippen molar-refractivity contribution in [3.8, 4) is 5.75 Å². The Morgan fingerprint density at radius 2 is 1.96 bits per heavy atom. The van der Waals surface area contributed by atoms with Gasteiger partial charge in [0.2, 0.25) is 5.91 Å². The zero-order valence-corrected chi connectivity index (χ0v) is 12.9. The number of rotatable bonds is 3. The van der Waals surface area contributed by atoms with Gasteiger partial charge >= 0.3 is 0 Å². The SMILES string of the molecule is O=C(N[C@H]1CCN(C(=O)C2CCCC2)C1)c1ccc(O)cc1F. The molecule has 1 atom stereocenters. The number of hydrogen-bond acceptors (Lipinski definition) is 3. The number of phenols is 1. The highest BCUT2D eigenvalue weighted by Crippen LogP contribution is 2.28. The van der Waals surface area contributed by atoms with E-state index in [9.17, 15) is 19.1 Å². The first-order chi connectivity index (χ1) is 11.0. The molecule has 3 rings (SSSR count). The molecule has 2 aliphatic rings. The summed E-state index contributed by atoms with van der Waals surface area (Å²) in [4.78, 5) is 26.3. The van der Waals surface area contributed by atoms with Crippen molar-refractivity contribution in [3.63, 3.8) is 0 Å². The highest BCUT2D eigenvalue weighted by molar-refractivity contribution is 5.94. The van der Waals surface area contributed by atoms with E-state index < -0.39 is 11.7 Å². The lowest BCUT2D eigenvalue weighted by atomic mass is 10.1. The van der Waals surface area contributed by atoms with Crippen molar-refractivity contribution >= 4 is 11.8 Å². The van der Waals surface area contributed by atoms with Crippen LogP contribution in [0.4, 0.5) is 4.39 Å². The number of nitrogens with zero attached hydrogens (tertiary/aromatic N) is 1. The van der Waals surface area contributed by atoms with Gasteiger partial charge in [0.1, 0.15) is 11.6 Å². The smallest absolute Gasteiger partial charge is 0.254 e. The summed E-state index contributed by atoms with van der Waals surface area (Å²) >= 11 is 0. The zero-order chi connectivity index (χ0) is 16.4. The van der Waals surface area contributed by atoms with E-state index in [-0.39, 0.29) is 29.2 Å². The Bertz CT molecular complexity index is 614. The predicted octanol–water partition coefficient (Wildman–Crippen LogP) is 2.05. The number of hydrogen-bond donors (Lipinski definition) is 2. The highest BCUT2D eigenvalue weighted by Gasteiger charge is 2.33. The summed E-state index contributed by atoms with van der Waals surface area (Å²) in [5, 5.41) is 12.0. The Balaban J connectivity index is 1.57. The first-order valence-electron chi connectivity index (χ1n) is 8.13. The number of nitrogens with one attached hydrogen (secondary N) is 1. The minimum atomic E-state index is -0.751. The lowest BCUT2D eigenvalue weighted by molar-refractivity contribution is -0.134. The van der Waals surface area contributed by atoms with Crippen LogP contribution in [-0.4, -0.2) is 41.0 Å². The summed E-state index contributed by atoms with van der Waals surface area (Å²) < 4.78 is 13.7. The van der Waals surface area contributed by atoms with E-state index in [1.165, 1.54) is 12.1 Å². The first-order valence-corrected chi connectivity index (χ1v) is 8.13. The van der Waals surface area contributed by atoms with Crippen molar-refractivity contribution in [3.05, 3.63) is 29.6 Å². The standard InChI is InChI=1S/C17H21FN2O3/c18-15-9-13(21)5-6-14(15)16(22)19-12-7-8-20(10-12)17(23)11-3-1-2-4-11/h5-6,9,11-12,21H,1-4,7-8,10H2,(H,19,22)/t12-/m0/s1. The second-order valence-corrected chi connectivity index (χ2v) is 6.39. The van der Waals surface area contributed by atoms with Crippen molar-refractivity contribution < 1.29 is 19.1 Å². The molecule has 1 aromatic carbocycles. The van der Waals surface area contributed by atoms with Crippen LogP contribution in [0.1, 0.15) is 42.5 Å². The third-order valence-corrected chi connectivity index (χ3v) is 4.74. The summed E-state index contributed by atoms with van der Waals surface area (Å²) in [5.41, 5.74) is -0.0941. The van der Waals surface area contributed by atoms with Gasteiger partial charge in [-0.2, -0.15) is 0 Å². The van der Waals surface area contributed by atoms with E-state index in [4.69, 9.17) is 0 Å². The topological polar surface area (TPSA) is 69.6 Å². The number of amides is 2. The molecule has 2 fully saturated rings. The first kappa shape index (κ1) is 15.8. The Hall–Kier alpha value is -2.11. The molecule has 23 heavy (non-hydrogen) atoms. The summed E-state index contributed by atoms with van der Waals surface area (Å²) in [5.74, 6) is -1.15. The van der Waals surface area contributed by atoms with E-state index in [0.717, 1.165) is 31.7 Å². The molecule has 1 aromatic rings. The van der Waals surface area contributed by atoms with E-state index in [0.29, 0.717) is 19.5 Å². The number of likely N-dealkylation sites (tertiary alicyclic amines) is 1. The molecule has 0 spiro atoms. The van der Waals surface area contributed by atoms with Gasteiger partial charge in [0.05, 0.1) is 5.56 Å². The van der Waals surface area contributed by atoms with Crippen LogP contribution in [0, 0.1) is 11.7 Å². The van der Waals surface area contributed by atoms with E-state index >= 15 is 0 Å². The number of halogens is 1. The maximum absolute atomic E-state index is 13.7. The summed E-state index contributed by atoms with van der Waals surface area (Å²) in [6, 6.07) is 3.30. The number of carbonyl (C=O) groups excluding carboxylic acids is 2. The van der Waals surface area contributed by atoms with Crippen LogP contribution >= 0.6 is 0 Å². The largest absolute Gasteiger partial charge is 0.508 e. The van der Waals surface area contributed by atoms with Crippen molar-refractivity contribution in [2.45, 2.75) is 38.1 Å². The molecule has 124 valence electrons. The monoisotopic (exact) mass is 320 g/mol. The molecular formula is C17H21FN2O3. The minimum Gasteiger partial charge on any atom is -0.508 e. The minimum absolute atomic E-state index is 0.0941. The molecule has 1 aliphatic heterocycles. The number of carbonyl (C=O) groups is 2. The highest BCUT2D eigenvalue weighted by atomic mass is 19.1. The Kier molecular flexibility index (Phi) is 4.50. The van der Waals surface area contributed by atoms with E-state index in [2.05, 4.69) is 5.32 Å². The molecule has 0 aromatic heterocycles. The van der Waals surface area contributed by atoms with E-state index in [1.54, 1.807) is 0 Å². The number of phenolic OH excluding ortho intramolecular Hbond substituents is 1. The van der Waals surface area contributed by atoms with E-state index in [1.807, 2.05) is 4.90 Å². The maximum atomic E-state index is 13.7. The fourth-order valence-electron chi connectivity index (χ4n) is 3.46. The van der Waals surface area contributed by atoms with Gasteiger partial charge < -0.3 is 15.3 Å². The van der Waals surface area contributed by atoms with Crippen molar-refractivity contribution in [2.24, 2.45) is 5.92 Å². The van der Waals surface area contributed by atoms with Gasteiger partial charge in [0, 0.05) is 31.1 Å². The quantitative estimate of drug-likeness (QED) is 0.895. The second kappa shape index (κ2) is 6.56. The molecule has 0 bridgehead atoms. The second-order valence-electron chi connectivity index (χ2n) is 6.39. The van der Waals surface area contributed by atoms with Crippen LogP contribution in [0.2, 0.25) is 0 Å². The molecule has 5 nitrogen and oxygen atoms in total. The Morgan fingerprint density at radius 3 is 2.65 bits per heavy atom. The summed E-state index contributed by atoms with van der Waals surface area (Å²) in [6.45, 7) is 1.12. The van der Waals surface area contributed by atoms with Gasteiger partial charge in [0.15, 0.2) is 0 Å². The van der Waals surface area contributed by atoms with Gasteiger partial charge in [-0.1, -0.05) is 12.8 Å². The molecule has 1 saturated heterocycles. The number of aromatic hydroxyl groups is 1. The molecule has 2 N–H and O–H groups in total. The summed E-state index contributed by atoms with van der Waals surface area (Å²) in [6.07, 6.45) is 4.84. The average Bonchev–Trinajstić information content (AvgIpc) is 3.17. The summed E-state index contributed by atoms with van der Waals surface area (Å²) in [7, 11) is 0. The van der Waals surface area contributed by atoms with Crippen molar-refractivity contribution in [2.75, 3.05) is 13.1 Å². The maximum Gasteiger partial charge on any atom is 0.254 e. The fourth-order valence-corrected chi connectivity index (χ4v) is 3.46. The third kappa shape index (κ3) is 3.46. The van der Waals surface area contributed by atoms with Crippen LogP contribution in [0.25, 0.3) is 0 Å². The Labute approximate surface area is 134 Å². The molecular weight excluding hydrogens is 299 g/mol. The number of benzene rings is 1. The van der Waals surface area contributed by atoms with Crippen LogP contribution < -0.4 is 5.32 Å². The molecule has 1 aliphatic carbocycles. The van der Waals surface area contributed by atoms with Gasteiger partial charge in [-0.15, -0.1) is 0 Å². The van der Waals surface area contributed by atoms with Crippen molar-refractivity contribution in [1.82, 2.24) is 10.2 Å². The normalized spacial score (nSPS) is 21.6. The third-order valence-electron chi connectivity index (χ3n) is 4.74. The average molecular weight is 320 g/mol. The lowest BCUT2D eigenvalue weighted by Gasteiger charge is -2.20. The fraction of sp³-hybridized carbons (Fsp3) is 0.529. The van der Waals surface area contributed by atoms with Crippen LogP contribution in [-0.2, 0) is 4.79 Å². The molecule has 6 heteroatoms.